The summed E-state index contributed by atoms with van der Waals surface area (Å²) in [5, 5.41) is 4.54. The van der Waals surface area contributed by atoms with Gasteiger partial charge in [0.25, 0.3) is 0 Å². The van der Waals surface area contributed by atoms with E-state index in [-0.39, 0.29) is 5.41 Å². The average molecular weight is 268 g/mol. The molecule has 1 aromatic rings. The van der Waals surface area contributed by atoms with Gasteiger partial charge in [-0.2, -0.15) is 4.37 Å². The monoisotopic (exact) mass is 268 g/mol. The van der Waals surface area contributed by atoms with Crippen LogP contribution in [0.4, 0.5) is 5.13 Å². The maximum Gasteiger partial charge on any atom is 0.202 e. The summed E-state index contributed by atoms with van der Waals surface area (Å²) < 4.78 is 4.45. The Kier molecular flexibility index (Phi) is 3.92. The van der Waals surface area contributed by atoms with Gasteiger partial charge in [0.15, 0.2) is 0 Å². The van der Waals surface area contributed by atoms with Crippen molar-refractivity contribution in [3.05, 3.63) is 5.82 Å². The first kappa shape index (κ1) is 13.7. The van der Waals surface area contributed by atoms with Crippen LogP contribution in [0.25, 0.3) is 0 Å². The van der Waals surface area contributed by atoms with Crippen molar-refractivity contribution in [3.8, 4) is 0 Å². The number of nitrogens with one attached hydrogen (secondary N) is 1. The van der Waals surface area contributed by atoms with Gasteiger partial charge in [-0.15, -0.1) is 0 Å². The maximum absolute atomic E-state index is 4.61. The summed E-state index contributed by atoms with van der Waals surface area (Å²) in [6, 6.07) is 0.530. The lowest BCUT2D eigenvalue weighted by Crippen LogP contribution is -2.43. The van der Waals surface area contributed by atoms with Crippen LogP contribution in [0, 0.1) is 5.92 Å². The Balaban J connectivity index is 1.99. The quantitative estimate of drug-likeness (QED) is 0.895. The predicted molar refractivity (Wildman–Crippen MR) is 77.3 cm³/mol. The predicted octanol–water partition coefficient (Wildman–Crippen LogP) is 2.59. The van der Waals surface area contributed by atoms with E-state index in [4.69, 9.17) is 0 Å². The van der Waals surface area contributed by atoms with E-state index in [2.05, 4.69) is 54.3 Å². The molecule has 18 heavy (non-hydrogen) atoms. The van der Waals surface area contributed by atoms with Crippen LogP contribution >= 0.6 is 11.5 Å². The van der Waals surface area contributed by atoms with Gasteiger partial charge in [-0.05, 0) is 25.9 Å². The van der Waals surface area contributed by atoms with Crippen LogP contribution in [-0.4, -0.2) is 40.4 Å². The average Bonchev–Trinajstić information content (AvgIpc) is 2.70. The number of anilines is 1. The van der Waals surface area contributed by atoms with Gasteiger partial charge in [0, 0.05) is 29.5 Å². The zero-order valence-corrected chi connectivity index (χ0v) is 12.8. The highest BCUT2D eigenvalue weighted by Gasteiger charge is 2.26. The summed E-state index contributed by atoms with van der Waals surface area (Å²) in [4.78, 5) is 7.00. The Labute approximate surface area is 114 Å². The molecule has 0 bridgehead atoms. The second kappa shape index (κ2) is 5.13. The molecule has 0 radical (unpaired) electrons. The zero-order chi connectivity index (χ0) is 13.3. The summed E-state index contributed by atoms with van der Waals surface area (Å²) in [5.41, 5.74) is 0.0365. The molecule has 1 saturated heterocycles. The molecule has 2 rings (SSSR count). The molecular weight excluding hydrogens is 244 g/mol. The van der Waals surface area contributed by atoms with Crippen molar-refractivity contribution in [1.82, 2.24) is 14.3 Å². The molecule has 0 amide bonds. The Hall–Kier alpha value is -0.680. The molecule has 0 aromatic carbocycles. The fourth-order valence-electron chi connectivity index (χ4n) is 2.31. The molecule has 4 nitrogen and oxygen atoms in total. The molecule has 2 heterocycles. The van der Waals surface area contributed by atoms with E-state index in [1.165, 1.54) is 18.0 Å². The van der Waals surface area contributed by atoms with Crippen LogP contribution in [0.2, 0.25) is 0 Å². The second-order valence-corrected chi connectivity index (χ2v) is 7.20. The molecule has 0 aliphatic carbocycles. The molecule has 2 atom stereocenters. The first-order chi connectivity index (χ1) is 8.36. The molecule has 0 spiro atoms. The standard InChI is InChI=1S/C13H24N4S/c1-9-8-17(5)7-6-10(9)14-12-15-11(16-18-12)13(2,3)4/h9-10H,6-8H2,1-5H3,(H,14,15,16). The minimum atomic E-state index is 0.0365. The minimum absolute atomic E-state index is 0.0365. The van der Waals surface area contributed by atoms with Gasteiger partial charge in [-0.3, -0.25) is 0 Å². The number of rotatable bonds is 2. The smallest absolute Gasteiger partial charge is 0.202 e. The van der Waals surface area contributed by atoms with E-state index in [0.29, 0.717) is 12.0 Å². The highest BCUT2D eigenvalue weighted by molar-refractivity contribution is 7.09. The molecule has 102 valence electrons. The van der Waals surface area contributed by atoms with E-state index >= 15 is 0 Å². The topological polar surface area (TPSA) is 41.0 Å². The van der Waals surface area contributed by atoms with Gasteiger partial charge in [0.05, 0.1) is 0 Å². The molecule has 1 N–H and O–H groups in total. The normalized spacial score (nSPS) is 26.3. The molecule has 2 unspecified atom stereocenters. The van der Waals surface area contributed by atoms with Crippen LogP contribution in [-0.2, 0) is 5.41 Å². The van der Waals surface area contributed by atoms with Crippen molar-refractivity contribution >= 4 is 16.7 Å². The Morgan fingerprint density at radius 1 is 1.39 bits per heavy atom. The van der Waals surface area contributed by atoms with Crippen LogP contribution < -0.4 is 5.32 Å². The fraction of sp³-hybridized carbons (Fsp3) is 0.846. The number of nitrogens with zero attached hydrogens (tertiary/aromatic N) is 3. The molecule has 1 aliphatic rings. The first-order valence-corrected chi connectivity index (χ1v) is 7.43. The molecule has 1 aliphatic heterocycles. The van der Waals surface area contributed by atoms with Gasteiger partial charge in [-0.25, -0.2) is 4.98 Å². The third kappa shape index (κ3) is 3.20. The highest BCUT2D eigenvalue weighted by Crippen LogP contribution is 2.25. The van der Waals surface area contributed by atoms with E-state index in [9.17, 15) is 0 Å². The summed E-state index contributed by atoms with van der Waals surface area (Å²) in [5.74, 6) is 1.60. The van der Waals surface area contributed by atoms with Gasteiger partial charge in [-0.1, -0.05) is 27.7 Å². The number of aromatic nitrogens is 2. The summed E-state index contributed by atoms with van der Waals surface area (Å²) in [6.45, 7) is 11.1. The Morgan fingerprint density at radius 3 is 2.67 bits per heavy atom. The highest BCUT2D eigenvalue weighted by atomic mass is 32.1. The van der Waals surface area contributed by atoms with Crippen molar-refractivity contribution in [2.24, 2.45) is 5.92 Å². The van der Waals surface area contributed by atoms with Crippen LogP contribution in [0.5, 0.6) is 0 Å². The van der Waals surface area contributed by atoms with Gasteiger partial charge in [0.2, 0.25) is 5.13 Å². The molecular formula is C13H24N4S. The van der Waals surface area contributed by atoms with Gasteiger partial charge in [0.1, 0.15) is 5.82 Å². The molecule has 0 saturated carbocycles. The third-order valence-electron chi connectivity index (χ3n) is 3.51. The van der Waals surface area contributed by atoms with E-state index in [1.54, 1.807) is 0 Å². The lowest BCUT2D eigenvalue weighted by atomic mass is 9.94. The summed E-state index contributed by atoms with van der Waals surface area (Å²) in [6.07, 6.45) is 1.18. The lowest BCUT2D eigenvalue weighted by molar-refractivity contribution is 0.206. The summed E-state index contributed by atoms with van der Waals surface area (Å²) >= 11 is 1.49. The Morgan fingerprint density at radius 2 is 2.11 bits per heavy atom. The number of piperidine rings is 1. The SMILES string of the molecule is CC1CN(C)CCC1Nc1nc(C(C)(C)C)ns1. The molecule has 5 heteroatoms. The molecule has 1 fully saturated rings. The largest absolute Gasteiger partial charge is 0.357 e. The van der Waals surface area contributed by atoms with Gasteiger partial charge >= 0.3 is 0 Å². The fourth-order valence-corrected chi connectivity index (χ4v) is 3.13. The number of hydrogen-bond donors (Lipinski definition) is 1. The minimum Gasteiger partial charge on any atom is -0.357 e. The lowest BCUT2D eigenvalue weighted by Gasteiger charge is -2.35. The summed E-state index contributed by atoms with van der Waals surface area (Å²) in [7, 11) is 2.19. The Bertz CT molecular complexity index is 396. The van der Waals surface area contributed by atoms with Crippen LogP contribution in [0.1, 0.15) is 39.9 Å². The number of likely N-dealkylation sites (tertiary alicyclic amines) is 1. The first-order valence-electron chi connectivity index (χ1n) is 6.65. The van der Waals surface area contributed by atoms with Crippen LogP contribution in [0.3, 0.4) is 0 Å². The third-order valence-corrected chi connectivity index (χ3v) is 4.16. The van der Waals surface area contributed by atoms with Crippen molar-refractivity contribution < 1.29 is 0 Å². The second-order valence-electron chi connectivity index (χ2n) is 6.45. The number of hydrogen-bond acceptors (Lipinski definition) is 5. The van der Waals surface area contributed by atoms with Crippen molar-refractivity contribution in [3.63, 3.8) is 0 Å². The van der Waals surface area contributed by atoms with E-state index < -0.39 is 0 Å². The molecule has 1 aromatic heterocycles. The van der Waals surface area contributed by atoms with E-state index in [0.717, 1.165) is 24.0 Å². The maximum atomic E-state index is 4.61. The zero-order valence-electron chi connectivity index (χ0n) is 12.0. The van der Waals surface area contributed by atoms with Crippen molar-refractivity contribution in [2.45, 2.75) is 45.6 Å². The van der Waals surface area contributed by atoms with Gasteiger partial charge < -0.3 is 10.2 Å². The van der Waals surface area contributed by atoms with Crippen molar-refractivity contribution in [1.29, 1.82) is 0 Å². The van der Waals surface area contributed by atoms with Crippen LogP contribution in [0.15, 0.2) is 0 Å². The van der Waals surface area contributed by atoms with E-state index in [1.807, 2.05) is 0 Å². The van der Waals surface area contributed by atoms with Crippen molar-refractivity contribution in [2.75, 3.05) is 25.5 Å².